The van der Waals surface area contributed by atoms with Crippen molar-refractivity contribution in [2.75, 3.05) is 13.2 Å². The van der Waals surface area contributed by atoms with Crippen LogP contribution >= 0.6 is 11.5 Å². The minimum absolute atomic E-state index is 0.00146. The zero-order chi connectivity index (χ0) is 13.9. The average Bonchev–Trinajstić information content (AvgIpc) is 2.83. The summed E-state index contributed by atoms with van der Waals surface area (Å²) >= 11 is 1.43. The van der Waals surface area contributed by atoms with E-state index in [0.29, 0.717) is 13.2 Å². The Kier molecular flexibility index (Phi) is 3.54. The molecule has 1 aromatic heterocycles. The molecule has 20 heavy (non-hydrogen) atoms. The van der Waals surface area contributed by atoms with Crippen LogP contribution in [0.15, 0.2) is 53.3 Å². The lowest BCUT2D eigenvalue weighted by Gasteiger charge is -2.06. The number of rotatable bonds is 4. The summed E-state index contributed by atoms with van der Waals surface area (Å²) in [5.41, 5.74) is 6.23. The molecule has 0 aliphatic rings. The highest BCUT2D eigenvalue weighted by molar-refractivity contribution is 7.14. The molecule has 0 aliphatic heterocycles. The van der Waals surface area contributed by atoms with Crippen LogP contribution in [0.3, 0.4) is 0 Å². The van der Waals surface area contributed by atoms with E-state index in [4.69, 9.17) is 10.5 Å². The van der Waals surface area contributed by atoms with Gasteiger partial charge in [-0.05, 0) is 24.3 Å². The molecule has 3 aromatic rings. The van der Waals surface area contributed by atoms with Gasteiger partial charge in [-0.3, -0.25) is 4.79 Å². The Hall–Kier alpha value is -2.11. The van der Waals surface area contributed by atoms with Gasteiger partial charge in [-0.2, -0.15) is 0 Å². The standard InChI is InChI=1S/C15H14N2O2S/c16-8-9-19-12-5-3-4-11(10-12)17-15(18)13-6-1-2-7-14(13)20-17/h1-7,10H,8-9,16H2. The first-order valence-corrected chi connectivity index (χ1v) is 7.11. The lowest BCUT2D eigenvalue weighted by molar-refractivity contribution is 0.328. The van der Waals surface area contributed by atoms with Gasteiger partial charge in [0, 0.05) is 12.6 Å². The lowest BCUT2D eigenvalue weighted by Crippen LogP contribution is -2.12. The predicted molar refractivity (Wildman–Crippen MR) is 82.0 cm³/mol. The number of fused-ring (bicyclic) bond motifs is 1. The van der Waals surface area contributed by atoms with Crippen molar-refractivity contribution in [3.05, 3.63) is 58.9 Å². The zero-order valence-electron chi connectivity index (χ0n) is 10.8. The summed E-state index contributed by atoms with van der Waals surface area (Å²) in [6.07, 6.45) is 0. The van der Waals surface area contributed by atoms with Crippen molar-refractivity contribution in [2.45, 2.75) is 0 Å². The molecule has 4 nitrogen and oxygen atoms in total. The lowest BCUT2D eigenvalue weighted by atomic mass is 10.3. The number of aromatic nitrogens is 1. The van der Waals surface area contributed by atoms with Crippen LogP contribution in [0.1, 0.15) is 0 Å². The molecular weight excluding hydrogens is 272 g/mol. The molecule has 0 unspecified atom stereocenters. The van der Waals surface area contributed by atoms with Crippen LogP contribution in [-0.2, 0) is 0 Å². The van der Waals surface area contributed by atoms with Crippen molar-refractivity contribution in [3.8, 4) is 11.4 Å². The van der Waals surface area contributed by atoms with Gasteiger partial charge in [0.1, 0.15) is 12.4 Å². The highest BCUT2D eigenvalue weighted by Crippen LogP contribution is 2.22. The van der Waals surface area contributed by atoms with Crippen LogP contribution in [-0.4, -0.2) is 17.1 Å². The minimum Gasteiger partial charge on any atom is -0.492 e. The van der Waals surface area contributed by atoms with E-state index in [1.54, 1.807) is 3.96 Å². The van der Waals surface area contributed by atoms with Crippen molar-refractivity contribution in [1.29, 1.82) is 0 Å². The van der Waals surface area contributed by atoms with Crippen LogP contribution in [0.4, 0.5) is 0 Å². The fourth-order valence-corrected chi connectivity index (χ4v) is 3.01. The highest BCUT2D eigenvalue weighted by Gasteiger charge is 2.09. The van der Waals surface area contributed by atoms with Crippen molar-refractivity contribution < 1.29 is 4.74 Å². The van der Waals surface area contributed by atoms with Crippen LogP contribution in [0, 0.1) is 0 Å². The van der Waals surface area contributed by atoms with E-state index < -0.39 is 0 Å². The van der Waals surface area contributed by atoms with Crippen LogP contribution < -0.4 is 16.0 Å². The van der Waals surface area contributed by atoms with Gasteiger partial charge >= 0.3 is 0 Å². The smallest absolute Gasteiger partial charge is 0.273 e. The molecule has 0 saturated heterocycles. The number of nitrogens with zero attached hydrogens (tertiary/aromatic N) is 1. The first-order chi connectivity index (χ1) is 9.79. The fraction of sp³-hybridized carbons (Fsp3) is 0.133. The normalized spacial score (nSPS) is 10.8. The number of ether oxygens (including phenoxy) is 1. The molecule has 3 rings (SSSR count). The van der Waals surface area contributed by atoms with Crippen molar-refractivity contribution >= 4 is 21.6 Å². The molecule has 1 heterocycles. The van der Waals surface area contributed by atoms with Gasteiger partial charge in [-0.25, -0.2) is 3.96 Å². The average molecular weight is 286 g/mol. The van der Waals surface area contributed by atoms with Crippen molar-refractivity contribution in [1.82, 2.24) is 3.96 Å². The predicted octanol–water partition coefficient (Wildman–Crippen LogP) is 2.39. The molecule has 2 aromatic carbocycles. The summed E-state index contributed by atoms with van der Waals surface area (Å²) in [4.78, 5) is 12.4. The molecule has 0 saturated carbocycles. The Morgan fingerprint density at radius 1 is 1.15 bits per heavy atom. The van der Waals surface area contributed by atoms with Crippen LogP contribution in [0.5, 0.6) is 5.75 Å². The molecule has 102 valence electrons. The second-order valence-electron chi connectivity index (χ2n) is 4.32. The Labute approximate surface area is 120 Å². The summed E-state index contributed by atoms with van der Waals surface area (Å²) in [7, 11) is 0. The van der Waals surface area contributed by atoms with Gasteiger partial charge in [0.2, 0.25) is 0 Å². The van der Waals surface area contributed by atoms with Gasteiger partial charge in [0.05, 0.1) is 15.8 Å². The Morgan fingerprint density at radius 2 is 2.00 bits per heavy atom. The molecule has 0 spiro atoms. The van der Waals surface area contributed by atoms with E-state index in [0.717, 1.165) is 21.5 Å². The zero-order valence-corrected chi connectivity index (χ0v) is 11.6. The van der Waals surface area contributed by atoms with Gasteiger partial charge in [0.15, 0.2) is 0 Å². The van der Waals surface area contributed by atoms with E-state index in [9.17, 15) is 4.79 Å². The van der Waals surface area contributed by atoms with E-state index in [1.807, 2.05) is 48.5 Å². The van der Waals surface area contributed by atoms with E-state index in [-0.39, 0.29) is 5.56 Å². The van der Waals surface area contributed by atoms with E-state index in [2.05, 4.69) is 0 Å². The number of hydrogen-bond donors (Lipinski definition) is 1. The van der Waals surface area contributed by atoms with Crippen molar-refractivity contribution in [2.24, 2.45) is 5.73 Å². The Balaban J connectivity index is 2.06. The minimum atomic E-state index is 0.00146. The Morgan fingerprint density at radius 3 is 2.80 bits per heavy atom. The number of benzene rings is 2. The first-order valence-electron chi connectivity index (χ1n) is 6.34. The third-order valence-corrected chi connectivity index (χ3v) is 4.04. The topological polar surface area (TPSA) is 57.2 Å². The quantitative estimate of drug-likeness (QED) is 0.801. The second-order valence-corrected chi connectivity index (χ2v) is 5.31. The maximum Gasteiger partial charge on any atom is 0.273 e. The van der Waals surface area contributed by atoms with Gasteiger partial charge in [-0.1, -0.05) is 29.7 Å². The first kappa shape index (κ1) is 12.9. The fourth-order valence-electron chi connectivity index (χ4n) is 2.02. The summed E-state index contributed by atoms with van der Waals surface area (Å²) in [6.45, 7) is 0.928. The third kappa shape index (κ3) is 2.33. The molecule has 0 aliphatic carbocycles. The van der Waals surface area contributed by atoms with Crippen molar-refractivity contribution in [3.63, 3.8) is 0 Å². The van der Waals surface area contributed by atoms with Gasteiger partial charge in [0.25, 0.3) is 5.56 Å². The second kappa shape index (κ2) is 5.48. The molecule has 0 fully saturated rings. The summed E-state index contributed by atoms with van der Waals surface area (Å²) in [6, 6.07) is 15.1. The molecule has 5 heteroatoms. The van der Waals surface area contributed by atoms with Crippen LogP contribution in [0.25, 0.3) is 15.8 Å². The monoisotopic (exact) mass is 286 g/mol. The molecule has 0 radical (unpaired) electrons. The maximum absolute atomic E-state index is 12.4. The largest absolute Gasteiger partial charge is 0.492 e. The summed E-state index contributed by atoms with van der Waals surface area (Å²) in [5, 5.41) is 0.741. The number of nitrogens with two attached hydrogens (primary N) is 1. The van der Waals surface area contributed by atoms with Gasteiger partial charge < -0.3 is 10.5 Å². The SMILES string of the molecule is NCCOc1cccc(-n2sc3ccccc3c2=O)c1. The highest BCUT2D eigenvalue weighted by atomic mass is 32.1. The maximum atomic E-state index is 12.4. The van der Waals surface area contributed by atoms with Gasteiger partial charge in [-0.15, -0.1) is 0 Å². The molecule has 2 N–H and O–H groups in total. The number of hydrogen-bond acceptors (Lipinski definition) is 4. The van der Waals surface area contributed by atoms with E-state index in [1.165, 1.54) is 11.5 Å². The summed E-state index contributed by atoms with van der Waals surface area (Å²) < 4.78 is 8.15. The molecule has 0 atom stereocenters. The molecular formula is C15H14N2O2S. The molecule has 0 bridgehead atoms. The molecule has 0 amide bonds. The summed E-state index contributed by atoms with van der Waals surface area (Å²) in [5.74, 6) is 0.720. The third-order valence-electron chi connectivity index (χ3n) is 2.93. The van der Waals surface area contributed by atoms with Crippen LogP contribution in [0.2, 0.25) is 0 Å². The Bertz CT molecular complexity index is 792. The van der Waals surface area contributed by atoms with E-state index >= 15 is 0 Å².